The van der Waals surface area contributed by atoms with E-state index >= 15 is 0 Å². The standard InChI is InChI=1S/C15H23N3O2/c1-10(2)8-17-14(19)9-18(4)15(20)12-6-5-11(3)13(16)7-12/h5-7,10H,8-9,16H2,1-4H3,(H,17,19). The Bertz CT molecular complexity index is 498. The molecule has 0 unspecified atom stereocenters. The Balaban J connectivity index is 2.62. The summed E-state index contributed by atoms with van der Waals surface area (Å²) in [5, 5.41) is 2.78. The third kappa shape index (κ3) is 4.57. The molecule has 0 fully saturated rings. The summed E-state index contributed by atoms with van der Waals surface area (Å²) in [5.74, 6) is 0.0166. The van der Waals surface area contributed by atoms with Crippen molar-refractivity contribution in [3.63, 3.8) is 0 Å². The molecule has 0 aromatic heterocycles. The number of anilines is 1. The van der Waals surface area contributed by atoms with Crippen LogP contribution >= 0.6 is 0 Å². The fourth-order valence-electron chi connectivity index (χ4n) is 1.65. The lowest BCUT2D eigenvalue weighted by Crippen LogP contribution is -2.39. The fourth-order valence-corrected chi connectivity index (χ4v) is 1.65. The molecule has 0 radical (unpaired) electrons. The minimum Gasteiger partial charge on any atom is -0.398 e. The van der Waals surface area contributed by atoms with Gasteiger partial charge in [0.15, 0.2) is 0 Å². The largest absolute Gasteiger partial charge is 0.398 e. The normalized spacial score (nSPS) is 10.4. The first-order valence-corrected chi connectivity index (χ1v) is 6.69. The number of rotatable bonds is 5. The van der Waals surface area contributed by atoms with Crippen molar-refractivity contribution < 1.29 is 9.59 Å². The zero-order chi connectivity index (χ0) is 15.3. The third-order valence-corrected chi connectivity index (χ3v) is 2.96. The van der Waals surface area contributed by atoms with E-state index in [9.17, 15) is 9.59 Å². The molecule has 20 heavy (non-hydrogen) atoms. The Kier molecular flexibility index (Phi) is 5.55. The van der Waals surface area contributed by atoms with Gasteiger partial charge in [0, 0.05) is 24.8 Å². The highest BCUT2D eigenvalue weighted by molar-refractivity contribution is 5.97. The van der Waals surface area contributed by atoms with Crippen molar-refractivity contribution in [1.29, 1.82) is 0 Å². The first-order chi connectivity index (χ1) is 9.31. The van der Waals surface area contributed by atoms with E-state index in [-0.39, 0.29) is 18.4 Å². The molecule has 0 aliphatic rings. The zero-order valence-corrected chi connectivity index (χ0v) is 12.6. The van der Waals surface area contributed by atoms with Gasteiger partial charge in [0.05, 0.1) is 6.54 Å². The molecule has 0 spiro atoms. The van der Waals surface area contributed by atoms with Gasteiger partial charge in [0.2, 0.25) is 5.91 Å². The average molecular weight is 277 g/mol. The van der Waals surface area contributed by atoms with Crippen molar-refractivity contribution in [3.05, 3.63) is 29.3 Å². The predicted octanol–water partition coefficient (Wildman–Crippen LogP) is 1.42. The molecule has 0 bridgehead atoms. The molecule has 5 nitrogen and oxygen atoms in total. The molecule has 0 heterocycles. The maximum Gasteiger partial charge on any atom is 0.254 e. The van der Waals surface area contributed by atoms with E-state index in [0.717, 1.165) is 5.56 Å². The molecule has 2 amide bonds. The number of nitrogens with two attached hydrogens (primary N) is 1. The van der Waals surface area contributed by atoms with Gasteiger partial charge in [-0.3, -0.25) is 9.59 Å². The first kappa shape index (κ1) is 16.0. The molecule has 0 aliphatic heterocycles. The minimum absolute atomic E-state index is 0.0410. The number of hydrogen-bond acceptors (Lipinski definition) is 3. The lowest BCUT2D eigenvalue weighted by Gasteiger charge is -2.18. The summed E-state index contributed by atoms with van der Waals surface area (Å²) >= 11 is 0. The van der Waals surface area contributed by atoms with Crippen LogP contribution in [0.5, 0.6) is 0 Å². The first-order valence-electron chi connectivity index (χ1n) is 6.69. The van der Waals surface area contributed by atoms with Crippen molar-refractivity contribution in [1.82, 2.24) is 10.2 Å². The number of aryl methyl sites for hydroxylation is 1. The number of likely N-dealkylation sites (N-methyl/N-ethyl adjacent to an activating group) is 1. The third-order valence-electron chi connectivity index (χ3n) is 2.96. The predicted molar refractivity (Wildman–Crippen MR) is 80.4 cm³/mol. The zero-order valence-electron chi connectivity index (χ0n) is 12.6. The molecule has 0 atom stereocenters. The highest BCUT2D eigenvalue weighted by Gasteiger charge is 2.15. The Morgan fingerprint density at radius 2 is 2.00 bits per heavy atom. The summed E-state index contributed by atoms with van der Waals surface area (Å²) in [6.45, 7) is 6.57. The van der Waals surface area contributed by atoms with E-state index in [1.54, 1.807) is 25.2 Å². The van der Waals surface area contributed by atoms with E-state index in [1.165, 1.54) is 4.90 Å². The van der Waals surface area contributed by atoms with Gasteiger partial charge in [-0.1, -0.05) is 19.9 Å². The van der Waals surface area contributed by atoms with E-state index < -0.39 is 0 Å². The Labute approximate surface area is 120 Å². The van der Waals surface area contributed by atoms with Gasteiger partial charge in [0.1, 0.15) is 0 Å². The van der Waals surface area contributed by atoms with Crippen LogP contribution < -0.4 is 11.1 Å². The molecular weight excluding hydrogens is 254 g/mol. The molecule has 1 aromatic rings. The van der Waals surface area contributed by atoms with Crippen LogP contribution in [0, 0.1) is 12.8 Å². The van der Waals surface area contributed by atoms with Gasteiger partial charge in [-0.05, 0) is 30.5 Å². The summed E-state index contributed by atoms with van der Waals surface area (Å²) in [4.78, 5) is 25.2. The highest BCUT2D eigenvalue weighted by atomic mass is 16.2. The summed E-state index contributed by atoms with van der Waals surface area (Å²) in [6, 6.07) is 5.16. The Morgan fingerprint density at radius 3 is 2.55 bits per heavy atom. The maximum absolute atomic E-state index is 12.2. The number of hydrogen-bond donors (Lipinski definition) is 2. The number of amides is 2. The molecule has 1 aromatic carbocycles. The quantitative estimate of drug-likeness (QED) is 0.799. The number of carbonyl (C=O) groups excluding carboxylic acids is 2. The molecule has 110 valence electrons. The van der Waals surface area contributed by atoms with Crippen LogP contribution in [0.25, 0.3) is 0 Å². The van der Waals surface area contributed by atoms with Crippen molar-refractivity contribution >= 4 is 17.5 Å². The number of nitrogen functional groups attached to an aromatic ring is 1. The second kappa shape index (κ2) is 6.93. The average Bonchev–Trinajstić information content (AvgIpc) is 2.38. The Morgan fingerprint density at radius 1 is 1.35 bits per heavy atom. The second-order valence-electron chi connectivity index (χ2n) is 5.43. The number of nitrogens with zero attached hydrogens (tertiary/aromatic N) is 1. The van der Waals surface area contributed by atoms with Gasteiger partial charge in [-0.15, -0.1) is 0 Å². The summed E-state index contributed by atoms with van der Waals surface area (Å²) in [5.41, 5.74) is 7.79. The molecule has 0 saturated carbocycles. The van der Waals surface area contributed by atoms with Gasteiger partial charge in [0.25, 0.3) is 5.91 Å². The van der Waals surface area contributed by atoms with Crippen LogP contribution in [0.3, 0.4) is 0 Å². The lowest BCUT2D eigenvalue weighted by molar-refractivity contribution is -0.121. The van der Waals surface area contributed by atoms with Gasteiger partial charge < -0.3 is 16.0 Å². The summed E-state index contributed by atoms with van der Waals surface area (Å²) in [6.07, 6.45) is 0. The monoisotopic (exact) mass is 277 g/mol. The Hall–Kier alpha value is -2.04. The SMILES string of the molecule is Cc1ccc(C(=O)N(C)CC(=O)NCC(C)C)cc1N. The van der Waals surface area contributed by atoms with Crippen molar-refractivity contribution in [2.45, 2.75) is 20.8 Å². The van der Waals surface area contributed by atoms with Crippen LogP contribution in [0.2, 0.25) is 0 Å². The molecule has 3 N–H and O–H groups in total. The lowest BCUT2D eigenvalue weighted by atomic mass is 10.1. The topological polar surface area (TPSA) is 75.4 Å². The van der Waals surface area contributed by atoms with Crippen molar-refractivity contribution in [3.8, 4) is 0 Å². The van der Waals surface area contributed by atoms with Gasteiger partial charge >= 0.3 is 0 Å². The van der Waals surface area contributed by atoms with Gasteiger partial charge in [-0.2, -0.15) is 0 Å². The summed E-state index contributed by atoms with van der Waals surface area (Å²) < 4.78 is 0. The van der Waals surface area contributed by atoms with E-state index in [1.807, 2.05) is 20.8 Å². The number of nitrogens with one attached hydrogen (secondary N) is 1. The highest BCUT2D eigenvalue weighted by Crippen LogP contribution is 2.14. The van der Waals surface area contributed by atoms with Gasteiger partial charge in [-0.25, -0.2) is 0 Å². The van der Waals surface area contributed by atoms with E-state index in [0.29, 0.717) is 23.7 Å². The smallest absolute Gasteiger partial charge is 0.254 e. The van der Waals surface area contributed by atoms with Crippen molar-refractivity contribution in [2.75, 3.05) is 25.9 Å². The van der Waals surface area contributed by atoms with Crippen LogP contribution in [0.1, 0.15) is 29.8 Å². The van der Waals surface area contributed by atoms with Crippen LogP contribution in [0.15, 0.2) is 18.2 Å². The number of carbonyl (C=O) groups is 2. The van der Waals surface area contributed by atoms with E-state index in [4.69, 9.17) is 5.73 Å². The van der Waals surface area contributed by atoms with Crippen LogP contribution in [-0.4, -0.2) is 36.9 Å². The molecule has 5 heteroatoms. The molecule has 0 aliphatic carbocycles. The molecular formula is C15H23N3O2. The second-order valence-corrected chi connectivity index (χ2v) is 5.43. The minimum atomic E-state index is -0.212. The molecule has 0 saturated heterocycles. The van der Waals surface area contributed by atoms with Crippen LogP contribution in [0.4, 0.5) is 5.69 Å². The number of benzene rings is 1. The summed E-state index contributed by atoms with van der Waals surface area (Å²) in [7, 11) is 1.60. The van der Waals surface area contributed by atoms with Crippen LogP contribution in [-0.2, 0) is 4.79 Å². The van der Waals surface area contributed by atoms with E-state index in [2.05, 4.69) is 5.32 Å². The molecule has 1 rings (SSSR count). The fraction of sp³-hybridized carbons (Fsp3) is 0.467. The van der Waals surface area contributed by atoms with Crippen molar-refractivity contribution in [2.24, 2.45) is 5.92 Å². The maximum atomic E-state index is 12.2.